The monoisotopic (exact) mass is 811 g/mol. The number of hydrogen-bond acceptors (Lipinski definition) is 8. The molecule has 6 atom stereocenters. The molecule has 3 rings (SSSR count). The second-order valence-electron chi connectivity index (χ2n) is 15.5. The van der Waals surface area contributed by atoms with Gasteiger partial charge in [-0.25, -0.2) is 9.59 Å². The number of rotatable bonds is 13. The number of nitrogens with zero attached hydrogens (tertiary/aromatic N) is 1. The van der Waals surface area contributed by atoms with Crippen LogP contribution in [0.25, 0.3) is 10.9 Å². The zero-order chi connectivity index (χ0) is 42.9. The van der Waals surface area contributed by atoms with E-state index in [2.05, 4.69) is 47.2 Å². The number of para-hydroxylation sites is 1. The van der Waals surface area contributed by atoms with Crippen molar-refractivity contribution in [3.05, 3.63) is 36.0 Å². The minimum absolute atomic E-state index is 0.00159. The van der Waals surface area contributed by atoms with E-state index >= 15 is 0 Å². The number of aromatic amines is 1. The molecule has 0 spiro atoms. The Morgan fingerprint density at radius 2 is 1.47 bits per heavy atom. The molecule has 0 bridgehead atoms. The molecular formula is C39H61N11O8. The quantitative estimate of drug-likeness (QED) is 0.0744. The Labute approximate surface area is 338 Å². The molecule has 1 saturated heterocycles. The maximum absolute atomic E-state index is 13.9. The number of aliphatic imine (C=N–C) groups is 1. The van der Waals surface area contributed by atoms with Gasteiger partial charge in [-0.2, -0.15) is 0 Å². The fourth-order valence-corrected chi connectivity index (χ4v) is 6.55. The standard InChI is InChI=1S/C39H61N11O8/c1-21(2)17-29-35(54)47-30(18-22(3)4)36(55)48-31(19-24-20-44-26-12-7-6-11-25(24)26)33(52)42-15-9-8-13-27(34(53)45-23(5)32(51)46-29)49-39(58)50-28(37(56)57)14-10-16-43-38(40)41/h6-7,11-12,20-23,27-31,44H,8-10,13-19H2,1-5H3,(H,42,52)(H,45,53)(H,46,51)(H,47,54)(H,48,55)(H,56,57)(H4,40,41,43)(H2,49,50,58)/t23-,27+,28-,29?,30?,31-/m0/s1. The number of amides is 7. The average Bonchev–Trinajstić information content (AvgIpc) is 3.55. The van der Waals surface area contributed by atoms with E-state index in [-0.39, 0.29) is 69.4 Å². The zero-order valence-corrected chi connectivity index (χ0v) is 34.0. The summed E-state index contributed by atoms with van der Waals surface area (Å²) in [7, 11) is 0. The van der Waals surface area contributed by atoms with Gasteiger partial charge in [-0.05, 0) is 75.3 Å². The number of H-pyrrole nitrogens is 1. The predicted octanol–water partition coefficient (Wildman–Crippen LogP) is 0.236. The van der Waals surface area contributed by atoms with Crippen molar-refractivity contribution in [1.82, 2.24) is 42.2 Å². The second kappa shape index (κ2) is 22.8. The van der Waals surface area contributed by atoms with Gasteiger partial charge in [-0.1, -0.05) is 45.9 Å². The smallest absolute Gasteiger partial charge is 0.326 e. The molecule has 320 valence electrons. The molecule has 1 aliphatic rings. The fraction of sp³-hybridized carbons (Fsp3) is 0.590. The van der Waals surface area contributed by atoms with Gasteiger partial charge in [0.25, 0.3) is 0 Å². The number of hydrogen-bond donors (Lipinski definition) is 11. The third-order valence-electron chi connectivity index (χ3n) is 9.55. The fourth-order valence-electron chi connectivity index (χ4n) is 6.55. The van der Waals surface area contributed by atoms with Crippen LogP contribution in [0.4, 0.5) is 4.79 Å². The lowest BCUT2D eigenvalue weighted by molar-refractivity contribution is -0.139. The Balaban J connectivity index is 1.90. The molecule has 1 aliphatic heterocycles. The molecule has 0 saturated carbocycles. The topological polar surface area (TPSA) is 304 Å². The molecule has 2 unspecified atom stereocenters. The van der Waals surface area contributed by atoms with E-state index in [1.165, 1.54) is 6.92 Å². The van der Waals surface area contributed by atoms with E-state index in [4.69, 9.17) is 11.5 Å². The van der Waals surface area contributed by atoms with Crippen LogP contribution in [0.1, 0.15) is 85.1 Å². The number of fused-ring (bicyclic) bond motifs is 1. The van der Waals surface area contributed by atoms with E-state index < -0.39 is 77.8 Å². The van der Waals surface area contributed by atoms with E-state index in [0.717, 1.165) is 16.5 Å². The van der Waals surface area contributed by atoms with Gasteiger partial charge in [0, 0.05) is 36.6 Å². The Bertz CT molecular complexity index is 1770. The third-order valence-corrected chi connectivity index (χ3v) is 9.55. The first-order valence-electron chi connectivity index (χ1n) is 19.8. The lowest BCUT2D eigenvalue weighted by Crippen LogP contribution is -2.59. The highest BCUT2D eigenvalue weighted by Gasteiger charge is 2.33. The summed E-state index contributed by atoms with van der Waals surface area (Å²) in [6, 6.07) is -0.206. The summed E-state index contributed by atoms with van der Waals surface area (Å²) < 4.78 is 0. The van der Waals surface area contributed by atoms with Crippen LogP contribution in [0.5, 0.6) is 0 Å². The van der Waals surface area contributed by atoms with E-state index in [9.17, 15) is 38.7 Å². The van der Waals surface area contributed by atoms with Crippen LogP contribution < -0.4 is 48.7 Å². The van der Waals surface area contributed by atoms with Crippen LogP contribution in [0.2, 0.25) is 0 Å². The summed E-state index contributed by atoms with van der Waals surface area (Å²) in [5.74, 6) is -4.58. The number of nitrogens with two attached hydrogens (primary N) is 2. The van der Waals surface area contributed by atoms with E-state index in [1.54, 1.807) is 6.20 Å². The first-order valence-corrected chi connectivity index (χ1v) is 19.8. The van der Waals surface area contributed by atoms with Gasteiger partial charge in [0.05, 0.1) is 0 Å². The van der Waals surface area contributed by atoms with Crippen molar-refractivity contribution < 1.29 is 38.7 Å². The zero-order valence-electron chi connectivity index (χ0n) is 34.0. The normalized spacial score (nSPS) is 22.3. The Morgan fingerprint density at radius 3 is 2.09 bits per heavy atom. The summed E-state index contributed by atoms with van der Waals surface area (Å²) in [5.41, 5.74) is 12.3. The van der Waals surface area contributed by atoms with Crippen molar-refractivity contribution in [2.75, 3.05) is 13.1 Å². The third kappa shape index (κ3) is 15.2. The van der Waals surface area contributed by atoms with Crippen LogP contribution in [-0.4, -0.2) is 107 Å². The van der Waals surface area contributed by atoms with E-state index in [1.807, 2.05) is 52.0 Å². The summed E-state index contributed by atoms with van der Waals surface area (Å²) in [6.07, 6.45) is 3.35. The van der Waals surface area contributed by atoms with Crippen LogP contribution in [0.3, 0.4) is 0 Å². The first kappa shape index (κ1) is 46.5. The highest BCUT2D eigenvalue weighted by atomic mass is 16.4. The van der Waals surface area contributed by atoms with Crippen molar-refractivity contribution in [2.24, 2.45) is 28.3 Å². The number of benzene rings is 1. The van der Waals surface area contributed by atoms with Gasteiger partial charge in [-0.3, -0.25) is 29.0 Å². The van der Waals surface area contributed by atoms with Crippen LogP contribution in [0, 0.1) is 11.8 Å². The number of carbonyl (C=O) groups excluding carboxylic acids is 6. The summed E-state index contributed by atoms with van der Waals surface area (Å²) in [5, 5.41) is 29.3. The lowest BCUT2D eigenvalue weighted by atomic mass is 9.99. The van der Waals surface area contributed by atoms with Gasteiger partial charge in [0.15, 0.2) is 5.96 Å². The van der Waals surface area contributed by atoms with Gasteiger partial charge in [-0.15, -0.1) is 0 Å². The Kier molecular flexibility index (Phi) is 18.2. The highest BCUT2D eigenvalue weighted by Crippen LogP contribution is 2.20. The Morgan fingerprint density at radius 1 is 0.845 bits per heavy atom. The first-order chi connectivity index (χ1) is 27.4. The van der Waals surface area contributed by atoms with Gasteiger partial charge < -0.3 is 58.8 Å². The summed E-state index contributed by atoms with van der Waals surface area (Å²) in [6.45, 7) is 9.25. The number of aromatic nitrogens is 1. The molecule has 0 radical (unpaired) electrons. The molecule has 58 heavy (non-hydrogen) atoms. The maximum atomic E-state index is 13.9. The Hall–Kier alpha value is -5.88. The molecule has 0 aliphatic carbocycles. The van der Waals surface area contributed by atoms with Crippen molar-refractivity contribution in [3.8, 4) is 0 Å². The van der Waals surface area contributed by atoms with E-state index in [0.29, 0.717) is 12.8 Å². The summed E-state index contributed by atoms with van der Waals surface area (Å²) >= 11 is 0. The predicted molar refractivity (Wildman–Crippen MR) is 218 cm³/mol. The van der Waals surface area contributed by atoms with Crippen molar-refractivity contribution in [2.45, 2.75) is 122 Å². The number of nitrogens with one attached hydrogen (secondary N) is 8. The number of urea groups is 1. The van der Waals surface area contributed by atoms with Crippen molar-refractivity contribution >= 4 is 58.4 Å². The average molecular weight is 812 g/mol. The number of carbonyl (C=O) groups is 7. The second-order valence-corrected chi connectivity index (χ2v) is 15.5. The highest BCUT2D eigenvalue weighted by molar-refractivity contribution is 5.96. The van der Waals surface area contributed by atoms with Crippen molar-refractivity contribution in [3.63, 3.8) is 0 Å². The van der Waals surface area contributed by atoms with Crippen LogP contribution in [-0.2, 0) is 35.2 Å². The van der Waals surface area contributed by atoms with Crippen LogP contribution in [0.15, 0.2) is 35.5 Å². The minimum Gasteiger partial charge on any atom is -0.480 e. The molecule has 2 aromatic rings. The molecular weight excluding hydrogens is 750 g/mol. The number of guanidine groups is 1. The minimum atomic E-state index is -1.32. The largest absolute Gasteiger partial charge is 0.480 e. The number of aliphatic carboxylic acids is 1. The molecule has 19 heteroatoms. The number of carboxylic acid groups (broad SMARTS) is 1. The lowest BCUT2D eigenvalue weighted by Gasteiger charge is -2.27. The SMILES string of the molecule is CC(C)CC1NC(=O)C(CC(C)C)NC(=O)[C@H](C)NC(=O)[C@H](NC(=O)N[C@@H](CCCN=C(N)N)C(=O)O)CCCCNC(=O)[C@H](Cc2c[nH]c3ccccc23)NC1=O. The van der Waals surface area contributed by atoms with Gasteiger partial charge in [0.2, 0.25) is 29.5 Å². The van der Waals surface area contributed by atoms with Crippen LogP contribution >= 0.6 is 0 Å². The molecule has 1 fully saturated rings. The maximum Gasteiger partial charge on any atom is 0.326 e. The molecule has 13 N–H and O–H groups in total. The molecule has 1 aromatic carbocycles. The molecule has 2 heterocycles. The molecule has 19 nitrogen and oxygen atoms in total. The molecule has 7 amide bonds. The van der Waals surface area contributed by atoms with Gasteiger partial charge in [0.1, 0.15) is 36.3 Å². The molecule has 1 aromatic heterocycles. The van der Waals surface area contributed by atoms with Gasteiger partial charge >= 0.3 is 12.0 Å². The van der Waals surface area contributed by atoms with Crippen molar-refractivity contribution in [1.29, 1.82) is 0 Å². The number of carboxylic acids is 1. The summed E-state index contributed by atoms with van der Waals surface area (Å²) in [4.78, 5) is 101.